The van der Waals surface area contributed by atoms with Crippen molar-refractivity contribution in [2.75, 3.05) is 32.6 Å². The Kier molecular flexibility index (Phi) is 6.48. The van der Waals surface area contributed by atoms with Gasteiger partial charge in [-0.2, -0.15) is 0 Å². The molecule has 0 aromatic heterocycles. The molecule has 1 aromatic carbocycles. The Hall–Kier alpha value is -3.97. The van der Waals surface area contributed by atoms with Crippen molar-refractivity contribution in [1.29, 1.82) is 0 Å². The van der Waals surface area contributed by atoms with Gasteiger partial charge in [0, 0.05) is 36.8 Å². The van der Waals surface area contributed by atoms with Gasteiger partial charge in [-0.25, -0.2) is 0 Å². The third kappa shape index (κ3) is 3.56. The Bertz CT molecular complexity index is 1350. The van der Waals surface area contributed by atoms with Crippen molar-refractivity contribution < 1.29 is 39.7 Å². The summed E-state index contributed by atoms with van der Waals surface area (Å²) < 4.78 is 0. The SMILES string of the molecule is CCCN(C)c1cc([N+](=O)[O-])c(O)c2c1CC1CC3[C@H](N(C)C)C(=O)C(C(N)=O)=C(O)[C@@]3(O)C(=O)C1=C2O. The van der Waals surface area contributed by atoms with Crippen molar-refractivity contribution in [2.24, 2.45) is 17.6 Å². The summed E-state index contributed by atoms with van der Waals surface area (Å²) in [6.07, 6.45) is 0.675. The minimum atomic E-state index is -2.78. The van der Waals surface area contributed by atoms with E-state index in [9.17, 15) is 44.9 Å². The van der Waals surface area contributed by atoms with E-state index >= 15 is 0 Å². The number of carbonyl (C=O) groups excluding carboxylic acids is 3. The molecule has 1 fully saturated rings. The lowest BCUT2D eigenvalue weighted by Gasteiger charge is -2.50. The van der Waals surface area contributed by atoms with Crippen LogP contribution < -0.4 is 10.6 Å². The summed E-state index contributed by atoms with van der Waals surface area (Å²) in [5, 5.41) is 56.4. The van der Waals surface area contributed by atoms with E-state index in [4.69, 9.17) is 5.73 Å². The van der Waals surface area contributed by atoms with E-state index in [1.54, 1.807) is 11.9 Å². The lowest BCUT2D eigenvalue weighted by molar-refractivity contribution is -0.385. The number of aliphatic hydroxyl groups excluding tert-OH is 2. The highest BCUT2D eigenvalue weighted by Gasteiger charge is 2.64. The van der Waals surface area contributed by atoms with Crippen LogP contribution in [0.4, 0.5) is 11.4 Å². The number of carbonyl (C=O) groups is 3. The fourth-order valence-corrected chi connectivity index (χ4v) is 6.21. The first-order valence-corrected chi connectivity index (χ1v) is 12.1. The molecule has 2 unspecified atom stereocenters. The molecule has 1 amide bonds. The number of nitro benzene ring substituents is 1. The van der Waals surface area contributed by atoms with Crippen LogP contribution in [0.15, 0.2) is 23.0 Å². The van der Waals surface area contributed by atoms with Gasteiger partial charge >= 0.3 is 5.69 Å². The highest BCUT2D eigenvalue weighted by Crippen LogP contribution is 2.54. The Labute approximate surface area is 217 Å². The van der Waals surface area contributed by atoms with E-state index in [0.29, 0.717) is 24.2 Å². The van der Waals surface area contributed by atoms with Crippen LogP contribution in [0.1, 0.15) is 30.9 Å². The minimum Gasteiger partial charge on any atom is -0.508 e. The Balaban J connectivity index is 2.02. The largest absolute Gasteiger partial charge is 0.508 e. The van der Waals surface area contributed by atoms with E-state index in [2.05, 4.69) is 0 Å². The highest BCUT2D eigenvalue weighted by molar-refractivity contribution is 6.24. The smallest absolute Gasteiger partial charge is 0.313 e. The van der Waals surface area contributed by atoms with E-state index in [1.807, 2.05) is 6.92 Å². The number of likely N-dealkylation sites (N-methyl/N-ethyl adjacent to an activating group) is 1. The van der Waals surface area contributed by atoms with Crippen LogP contribution in [0.5, 0.6) is 5.75 Å². The number of benzene rings is 1. The van der Waals surface area contributed by atoms with Crippen LogP contribution >= 0.6 is 0 Å². The Morgan fingerprint density at radius 3 is 2.39 bits per heavy atom. The van der Waals surface area contributed by atoms with Crippen LogP contribution in [-0.4, -0.2) is 87.1 Å². The maximum absolute atomic E-state index is 13.9. The summed E-state index contributed by atoms with van der Waals surface area (Å²) in [4.78, 5) is 53.1. The molecule has 204 valence electrons. The fourth-order valence-electron chi connectivity index (χ4n) is 6.21. The molecule has 0 aliphatic heterocycles. The van der Waals surface area contributed by atoms with Crippen LogP contribution in [0.25, 0.3) is 5.76 Å². The lowest BCUT2D eigenvalue weighted by Crippen LogP contribution is -2.65. The molecule has 3 aliphatic carbocycles. The average molecular weight is 531 g/mol. The molecule has 3 aliphatic rings. The van der Waals surface area contributed by atoms with Crippen LogP contribution in [-0.2, 0) is 20.8 Å². The third-order valence-electron chi connectivity index (χ3n) is 7.84. The van der Waals surface area contributed by atoms with E-state index in [-0.39, 0.29) is 24.0 Å². The summed E-state index contributed by atoms with van der Waals surface area (Å²) in [5.74, 6) is -8.12. The van der Waals surface area contributed by atoms with E-state index < -0.39 is 74.4 Å². The summed E-state index contributed by atoms with van der Waals surface area (Å²) >= 11 is 0. The maximum atomic E-state index is 13.9. The normalized spacial score (nSPS) is 26.7. The number of hydrogen-bond acceptors (Lipinski definition) is 11. The molecule has 13 heteroatoms. The van der Waals surface area contributed by atoms with Crippen molar-refractivity contribution in [1.82, 2.24) is 4.90 Å². The minimum absolute atomic E-state index is 0.0451. The van der Waals surface area contributed by atoms with Gasteiger partial charge in [-0.1, -0.05) is 6.92 Å². The molecule has 0 bridgehead atoms. The molecule has 0 saturated heterocycles. The van der Waals surface area contributed by atoms with Gasteiger partial charge in [0.15, 0.2) is 11.4 Å². The predicted molar refractivity (Wildman–Crippen MR) is 134 cm³/mol. The standard InChI is InChI=1S/C25H30N4O9/c1-5-6-28(4)13-9-14(29(37)38)19(30)16-11(13)7-10-8-12-18(27(2)3)21(32)17(24(26)35)23(34)25(12,36)22(33)15(10)20(16)31/h9-10,12,18,30-31,34,36H,5-8H2,1-4H3,(H2,26,35)/t10?,12?,18-,25-/m0/s1. The lowest BCUT2D eigenvalue weighted by atomic mass is 9.57. The number of Topliss-reactive ketones (excluding diaryl/α,β-unsaturated/α-hetero) is 2. The van der Waals surface area contributed by atoms with Gasteiger partial charge in [-0.15, -0.1) is 0 Å². The van der Waals surface area contributed by atoms with Crippen LogP contribution in [0.3, 0.4) is 0 Å². The van der Waals surface area contributed by atoms with E-state index in [0.717, 1.165) is 0 Å². The molecule has 4 rings (SSSR count). The zero-order valence-electron chi connectivity index (χ0n) is 21.4. The number of primary amides is 1. The van der Waals surface area contributed by atoms with Gasteiger partial charge in [0.2, 0.25) is 11.5 Å². The molecular weight excluding hydrogens is 500 g/mol. The van der Waals surface area contributed by atoms with Gasteiger partial charge < -0.3 is 31.1 Å². The number of nitrogens with two attached hydrogens (primary N) is 1. The summed E-state index contributed by atoms with van der Waals surface area (Å²) in [7, 11) is 4.74. The molecule has 1 aromatic rings. The Morgan fingerprint density at radius 1 is 1.24 bits per heavy atom. The maximum Gasteiger partial charge on any atom is 0.313 e. The van der Waals surface area contributed by atoms with Crippen molar-refractivity contribution in [3.8, 4) is 5.75 Å². The predicted octanol–water partition coefficient (Wildman–Crippen LogP) is 0.718. The number of ketones is 2. The summed E-state index contributed by atoms with van der Waals surface area (Å²) in [6, 6.07) is 0.0174. The average Bonchev–Trinajstić information content (AvgIpc) is 2.81. The van der Waals surface area contributed by atoms with Crippen molar-refractivity contribution in [3.63, 3.8) is 0 Å². The summed E-state index contributed by atoms with van der Waals surface area (Å²) in [5.41, 5.74) is 1.03. The number of aromatic hydroxyl groups is 1. The second-order valence-electron chi connectivity index (χ2n) is 10.3. The molecule has 0 spiro atoms. The first-order chi connectivity index (χ1) is 17.7. The number of rotatable bonds is 6. The van der Waals surface area contributed by atoms with Gasteiger partial charge in [-0.3, -0.25) is 29.4 Å². The number of hydrogen-bond donors (Lipinski definition) is 5. The number of anilines is 1. The molecule has 38 heavy (non-hydrogen) atoms. The van der Waals surface area contributed by atoms with E-state index in [1.165, 1.54) is 25.1 Å². The van der Waals surface area contributed by atoms with Gasteiger partial charge in [0.25, 0.3) is 5.91 Å². The zero-order chi connectivity index (χ0) is 28.4. The van der Waals surface area contributed by atoms with Gasteiger partial charge in [0.1, 0.15) is 17.1 Å². The molecule has 4 atom stereocenters. The van der Waals surface area contributed by atoms with Crippen LogP contribution in [0, 0.1) is 22.0 Å². The number of amides is 1. The number of phenolic OH excluding ortho intramolecular Hbond substituents is 1. The molecule has 0 radical (unpaired) electrons. The first kappa shape index (κ1) is 27.1. The van der Waals surface area contributed by atoms with Crippen molar-refractivity contribution in [2.45, 2.75) is 37.8 Å². The number of fused-ring (bicyclic) bond motifs is 3. The van der Waals surface area contributed by atoms with Crippen molar-refractivity contribution in [3.05, 3.63) is 44.2 Å². The number of aliphatic hydroxyl groups is 3. The fraction of sp³-hybridized carbons (Fsp3) is 0.480. The quantitative estimate of drug-likeness (QED) is 0.197. The number of nitro groups is 1. The second kappa shape index (κ2) is 9.10. The molecule has 0 heterocycles. The number of nitrogens with zero attached hydrogens (tertiary/aromatic N) is 3. The zero-order valence-corrected chi connectivity index (χ0v) is 21.4. The molecular formula is C25H30N4O9. The van der Waals surface area contributed by atoms with Gasteiger partial charge in [0.05, 0.1) is 16.5 Å². The first-order valence-electron chi connectivity index (χ1n) is 12.1. The second-order valence-corrected chi connectivity index (χ2v) is 10.3. The summed E-state index contributed by atoms with van der Waals surface area (Å²) in [6.45, 7) is 2.42. The molecule has 13 nitrogen and oxygen atoms in total. The van der Waals surface area contributed by atoms with Gasteiger partial charge in [-0.05, 0) is 44.8 Å². The van der Waals surface area contributed by atoms with Crippen LogP contribution in [0.2, 0.25) is 0 Å². The molecule has 1 saturated carbocycles. The number of phenols is 1. The monoisotopic (exact) mass is 530 g/mol. The molecule has 6 N–H and O–H groups in total. The topological polar surface area (TPSA) is 208 Å². The Morgan fingerprint density at radius 2 is 1.87 bits per heavy atom. The highest BCUT2D eigenvalue weighted by atomic mass is 16.6. The third-order valence-corrected chi connectivity index (χ3v) is 7.84. The van der Waals surface area contributed by atoms with Crippen molar-refractivity contribution >= 4 is 34.6 Å².